The first-order valence-electron chi connectivity index (χ1n) is 5.88. The number of imidazole rings is 1. The Morgan fingerprint density at radius 3 is 3.00 bits per heavy atom. The van der Waals surface area contributed by atoms with Crippen LogP contribution in [0.25, 0.3) is 21.9 Å². The van der Waals surface area contributed by atoms with E-state index in [9.17, 15) is 0 Å². The van der Waals surface area contributed by atoms with Crippen molar-refractivity contribution in [3.05, 3.63) is 30.1 Å². The van der Waals surface area contributed by atoms with Crippen molar-refractivity contribution in [2.45, 2.75) is 19.4 Å². The topological polar surface area (TPSA) is 56.7 Å². The van der Waals surface area contributed by atoms with Crippen molar-refractivity contribution < 1.29 is 0 Å². The molecule has 1 aromatic carbocycles. The first-order chi connectivity index (χ1) is 8.34. The highest BCUT2D eigenvalue weighted by molar-refractivity contribution is 6.06. The lowest BCUT2D eigenvalue weighted by Gasteiger charge is -2.04. The van der Waals surface area contributed by atoms with Gasteiger partial charge in [-0.2, -0.15) is 0 Å². The van der Waals surface area contributed by atoms with E-state index in [1.807, 2.05) is 18.2 Å². The van der Waals surface area contributed by atoms with E-state index in [-0.39, 0.29) is 0 Å². The van der Waals surface area contributed by atoms with Crippen LogP contribution in [0.15, 0.2) is 24.3 Å². The number of hydrogen-bond donors (Lipinski definition) is 1. The van der Waals surface area contributed by atoms with Gasteiger partial charge in [0.15, 0.2) is 5.82 Å². The Hall–Kier alpha value is -2.10. The molecule has 4 rings (SSSR count). The van der Waals surface area contributed by atoms with Crippen LogP contribution in [0.4, 0.5) is 5.82 Å². The highest BCUT2D eigenvalue weighted by Crippen LogP contribution is 2.31. The molecule has 0 aliphatic carbocycles. The molecule has 4 nitrogen and oxygen atoms in total. The number of anilines is 1. The van der Waals surface area contributed by atoms with Gasteiger partial charge in [-0.25, -0.2) is 9.97 Å². The zero-order chi connectivity index (χ0) is 11.4. The number of nitrogens with two attached hydrogens (primary N) is 1. The van der Waals surface area contributed by atoms with Gasteiger partial charge in [-0.3, -0.25) is 0 Å². The maximum atomic E-state index is 6.00. The fraction of sp³-hybridized carbons (Fsp3) is 0.231. The Balaban J connectivity index is 2.30. The summed E-state index contributed by atoms with van der Waals surface area (Å²) < 4.78 is 2.29. The molecule has 84 valence electrons. The number of rotatable bonds is 0. The summed E-state index contributed by atoms with van der Waals surface area (Å²) >= 11 is 0. The minimum atomic E-state index is 0.542. The Labute approximate surface area is 98.1 Å². The van der Waals surface area contributed by atoms with Gasteiger partial charge >= 0.3 is 0 Å². The molecule has 0 radical (unpaired) electrons. The summed E-state index contributed by atoms with van der Waals surface area (Å²) in [5.74, 6) is 1.69. The summed E-state index contributed by atoms with van der Waals surface area (Å²) in [4.78, 5) is 9.04. The molecule has 0 unspecified atom stereocenters. The monoisotopic (exact) mass is 224 g/mol. The molecule has 1 aliphatic heterocycles. The largest absolute Gasteiger partial charge is 0.382 e. The van der Waals surface area contributed by atoms with E-state index in [1.165, 1.54) is 6.42 Å². The summed E-state index contributed by atoms with van der Waals surface area (Å²) in [5, 5.41) is 1.15. The van der Waals surface area contributed by atoms with E-state index >= 15 is 0 Å². The van der Waals surface area contributed by atoms with Crippen LogP contribution in [0.1, 0.15) is 12.2 Å². The Morgan fingerprint density at radius 2 is 2.06 bits per heavy atom. The number of aryl methyl sites for hydroxylation is 2. The number of hydrogen-bond acceptors (Lipinski definition) is 3. The molecule has 0 atom stereocenters. The van der Waals surface area contributed by atoms with Gasteiger partial charge in [-0.1, -0.05) is 18.2 Å². The molecule has 2 N–H and O–H groups in total. The first-order valence-corrected chi connectivity index (χ1v) is 5.88. The lowest BCUT2D eigenvalue weighted by Crippen LogP contribution is -1.96. The van der Waals surface area contributed by atoms with E-state index in [2.05, 4.69) is 20.6 Å². The minimum absolute atomic E-state index is 0.542. The zero-order valence-electron chi connectivity index (χ0n) is 9.35. The Kier molecular flexibility index (Phi) is 1.57. The number of para-hydroxylation sites is 1. The van der Waals surface area contributed by atoms with Crippen molar-refractivity contribution in [3.63, 3.8) is 0 Å². The lowest BCUT2D eigenvalue weighted by molar-refractivity contribution is 0.773. The highest BCUT2D eigenvalue weighted by Gasteiger charge is 2.20. The van der Waals surface area contributed by atoms with Crippen LogP contribution in [0.2, 0.25) is 0 Å². The lowest BCUT2D eigenvalue weighted by atomic mass is 10.2. The van der Waals surface area contributed by atoms with Crippen molar-refractivity contribution in [2.75, 3.05) is 5.73 Å². The second kappa shape index (κ2) is 2.97. The maximum absolute atomic E-state index is 6.00. The molecule has 0 saturated heterocycles. The van der Waals surface area contributed by atoms with Crippen molar-refractivity contribution in [1.82, 2.24) is 14.5 Å². The van der Waals surface area contributed by atoms with E-state index < -0.39 is 0 Å². The summed E-state index contributed by atoms with van der Waals surface area (Å²) in [6.45, 7) is 1.04. The molecule has 1 aliphatic rings. The van der Waals surface area contributed by atoms with Gasteiger partial charge < -0.3 is 10.3 Å². The third-order valence-corrected chi connectivity index (χ3v) is 3.47. The fourth-order valence-corrected chi connectivity index (χ4v) is 2.73. The number of nitrogen functional groups attached to an aromatic ring is 1. The molecule has 0 amide bonds. The van der Waals surface area contributed by atoms with Gasteiger partial charge in [0.1, 0.15) is 11.3 Å². The normalized spacial score (nSPS) is 14.6. The second-order valence-electron chi connectivity index (χ2n) is 4.49. The summed E-state index contributed by atoms with van der Waals surface area (Å²) in [5.41, 5.74) is 8.96. The van der Waals surface area contributed by atoms with E-state index in [0.29, 0.717) is 5.82 Å². The molecule has 0 bridgehead atoms. The van der Waals surface area contributed by atoms with E-state index in [1.54, 1.807) is 0 Å². The standard InChI is InChI=1S/C13H12N4/c14-13-11-12(17-7-3-6-10(17)16-11)8-4-1-2-5-9(8)15-13/h1-2,4-5H,3,6-7H2,(H2,14,15). The molecular formula is C13H12N4. The average molecular weight is 224 g/mol. The van der Waals surface area contributed by atoms with Gasteiger partial charge in [-0.15, -0.1) is 0 Å². The van der Waals surface area contributed by atoms with Gasteiger partial charge in [0.05, 0.1) is 11.0 Å². The number of pyridine rings is 1. The fourth-order valence-electron chi connectivity index (χ4n) is 2.73. The van der Waals surface area contributed by atoms with E-state index in [4.69, 9.17) is 5.73 Å². The van der Waals surface area contributed by atoms with Gasteiger partial charge in [-0.05, 0) is 12.5 Å². The molecule has 3 aromatic rings. The molecule has 2 aromatic heterocycles. The third-order valence-electron chi connectivity index (χ3n) is 3.47. The summed E-state index contributed by atoms with van der Waals surface area (Å²) in [6.07, 6.45) is 2.22. The number of aromatic nitrogens is 3. The average Bonchev–Trinajstić information content (AvgIpc) is 2.89. The highest BCUT2D eigenvalue weighted by atomic mass is 15.1. The molecule has 0 spiro atoms. The Bertz CT molecular complexity index is 742. The van der Waals surface area contributed by atoms with E-state index in [0.717, 1.165) is 40.7 Å². The SMILES string of the molecule is Nc1nc2ccccc2c2c1nc1n2CCC1. The van der Waals surface area contributed by atoms with Crippen LogP contribution in [0.3, 0.4) is 0 Å². The number of benzene rings is 1. The quantitative estimate of drug-likeness (QED) is 0.636. The molecule has 17 heavy (non-hydrogen) atoms. The van der Waals surface area contributed by atoms with Gasteiger partial charge in [0, 0.05) is 18.4 Å². The zero-order valence-corrected chi connectivity index (χ0v) is 9.35. The van der Waals surface area contributed by atoms with Crippen LogP contribution in [0.5, 0.6) is 0 Å². The van der Waals surface area contributed by atoms with Crippen molar-refractivity contribution >= 4 is 27.8 Å². The molecule has 3 heterocycles. The predicted octanol–water partition coefficient (Wildman–Crippen LogP) is 2.11. The van der Waals surface area contributed by atoms with Crippen molar-refractivity contribution in [3.8, 4) is 0 Å². The Morgan fingerprint density at radius 1 is 1.18 bits per heavy atom. The smallest absolute Gasteiger partial charge is 0.152 e. The second-order valence-corrected chi connectivity index (χ2v) is 4.49. The maximum Gasteiger partial charge on any atom is 0.152 e. The predicted molar refractivity (Wildman–Crippen MR) is 67.8 cm³/mol. The molecular weight excluding hydrogens is 212 g/mol. The van der Waals surface area contributed by atoms with Crippen molar-refractivity contribution in [1.29, 1.82) is 0 Å². The van der Waals surface area contributed by atoms with Crippen LogP contribution in [-0.4, -0.2) is 14.5 Å². The summed E-state index contributed by atoms with van der Waals surface area (Å²) in [7, 11) is 0. The minimum Gasteiger partial charge on any atom is -0.382 e. The summed E-state index contributed by atoms with van der Waals surface area (Å²) in [6, 6.07) is 8.12. The van der Waals surface area contributed by atoms with Crippen LogP contribution < -0.4 is 5.73 Å². The van der Waals surface area contributed by atoms with Crippen LogP contribution >= 0.6 is 0 Å². The first kappa shape index (κ1) is 8.98. The molecule has 0 fully saturated rings. The van der Waals surface area contributed by atoms with Crippen LogP contribution in [0, 0.1) is 0 Å². The van der Waals surface area contributed by atoms with Crippen LogP contribution in [-0.2, 0) is 13.0 Å². The number of fused-ring (bicyclic) bond motifs is 5. The number of nitrogens with zero attached hydrogens (tertiary/aromatic N) is 3. The third kappa shape index (κ3) is 1.07. The molecule has 4 heteroatoms. The van der Waals surface area contributed by atoms with Gasteiger partial charge in [0.2, 0.25) is 0 Å². The van der Waals surface area contributed by atoms with Crippen molar-refractivity contribution in [2.24, 2.45) is 0 Å². The van der Waals surface area contributed by atoms with Gasteiger partial charge in [0.25, 0.3) is 0 Å². The molecule has 0 saturated carbocycles.